The summed E-state index contributed by atoms with van der Waals surface area (Å²) >= 11 is 0. The summed E-state index contributed by atoms with van der Waals surface area (Å²) in [5.41, 5.74) is -1.68. The first-order valence-corrected chi connectivity index (χ1v) is 23.8. The Morgan fingerprint density at radius 1 is 0.409 bits per heavy atom. The lowest BCUT2D eigenvalue weighted by Crippen LogP contribution is -2.62. The van der Waals surface area contributed by atoms with Crippen LogP contribution in [0.3, 0.4) is 0 Å². The van der Waals surface area contributed by atoms with Crippen LogP contribution in [0.1, 0.15) is 113 Å². The van der Waals surface area contributed by atoms with Crippen LogP contribution >= 0.6 is 0 Å². The maximum absolute atomic E-state index is 12.1. The molecule has 10 unspecified atom stereocenters. The molecule has 5 rings (SSSR count). The standard InChI is InChI=1S/C15H26N2O2.2C12H22N2O2.C11H20N2O2/c1-10(18)13-8-12-6-7-15(11(2)19,16(3)4)9-14(12)17(13)5;1-9(15)11-8-12(10(2)16,13(3)4)6-7-14(11)5;1-9(15)11-6-7-12(10(2)16,13(3)4)8-14(11)5;1-8(14)10-6-11(9(2)15,12(3)4)7-13(10)5/h12-14H,6-9H2,1-5H3;2*11H,6-8H2,1-5H3;10H,6-7H2,1-5H3. The number of fused-ring (bicyclic) bond motifs is 1. The van der Waals surface area contributed by atoms with Crippen molar-refractivity contribution in [2.24, 2.45) is 5.92 Å². The van der Waals surface area contributed by atoms with Crippen LogP contribution in [0.25, 0.3) is 0 Å². The van der Waals surface area contributed by atoms with Gasteiger partial charge in [-0.15, -0.1) is 0 Å². The summed E-state index contributed by atoms with van der Waals surface area (Å²) in [6.07, 6.45) is 7.37. The number of piperidine rings is 2. The molecule has 378 valence electrons. The van der Waals surface area contributed by atoms with E-state index in [1.165, 1.54) is 0 Å². The zero-order valence-electron chi connectivity index (χ0n) is 44.8. The Hall–Kier alpha value is -2.96. The van der Waals surface area contributed by atoms with Crippen molar-refractivity contribution in [2.45, 2.75) is 166 Å². The minimum Gasteiger partial charge on any atom is -0.298 e. The number of hydrogen-bond acceptors (Lipinski definition) is 16. The van der Waals surface area contributed by atoms with Crippen LogP contribution in [-0.2, 0) is 38.4 Å². The summed E-state index contributed by atoms with van der Waals surface area (Å²) in [5.74, 6) is 2.07. The maximum atomic E-state index is 12.1. The topological polar surface area (TPSA) is 162 Å². The van der Waals surface area contributed by atoms with E-state index in [2.05, 4.69) is 9.80 Å². The van der Waals surface area contributed by atoms with Crippen molar-refractivity contribution in [2.75, 3.05) is 104 Å². The molecule has 66 heavy (non-hydrogen) atoms. The third-order valence-electron chi connectivity index (χ3n) is 16.9. The molecule has 0 N–H and O–H groups in total. The summed E-state index contributed by atoms with van der Waals surface area (Å²) in [5, 5.41) is 0. The van der Waals surface area contributed by atoms with E-state index in [-0.39, 0.29) is 76.0 Å². The Kier molecular flexibility index (Phi) is 21.1. The van der Waals surface area contributed by atoms with E-state index in [4.69, 9.17) is 0 Å². The highest BCUT2D eigenvalue weighted by molar-refractivity contribution is 5.91. The van der Waals surface area contributed by atoms with E-state index in [1.54, 1.807) is 55.4 Å². The van der Waals surface area contributed by atoms with E-state index in [0.29, 0.717) is 37.9 Å². The van der Waals surface area contributed by atoms with Gasteiger partial charge in [0.15, 0.2) is 11.6 Å². The van der Waals surface area contributed by atoms with Gasteiger partial charge in [0.05, 0.1) is 46.3 Å². The fourth-order valence-electron chi connectivity index (χ4n) is 11.8. The molecule has 5 aliphatic rings. The molecule has 16 heteroatoms. The summed E-state index contributed by atoms with van der Waals surface area (Å²) < 4.78 is 0. The Morgan fingerprint density at radius 3 is 1.11 bits per heavy atom. The van der Waals surface area contributed by atoms with Crippen LogP contribution in [0.15, 0.2) is 0 Å². The van der Waals surface area contributed by atoms with Crippen LogP contribution < -0.4 is 0 Å². The molecule has 5 fully saturated rings. The van der Waals surface area contributed by atoms with Gasteiger partial charge in [0.2, 0.25) is 0 Å². The minimum atomic E-state index is -0.481. The van der Waals surface area contributed by atoms with Crippen LogP contribution in [0.5, 0.6) is 0 Å². The van der Waals surface area contributed by atoms with E-state index in [9.17, 15) is 38.4 Å². The molecule has 16 nitrogen and oxygen atoms in total. The smallest absolute Gasteiger partial charge is 0.151 e. The van der Waals surface area contributed by atoms with Gasteiger partial charge in [-0.25, -0.2) is 0 Å². The maximum Gasteiger partial charge on any atom is 0.151 e. The van der Waals surface area contributed by atoms with Crippen LogP contribution in [0.2, 0.25) is 0 Å². The third-order valence-corrected chi connectivity index (χ3v) is 16.9. The molecule has 0 amide bonds. The quantitative estimate of drug-likeness (QED) is 0.281. The zero-order valence-corrected chi connectivity index (χ0v) is 44.8. The second-order valence-electron chi connectivity index (χ2n) is 21.4. The van der Waals surface area contributed by atoms with Crippen molar-refractivity contribution in [3.63, 3.8) is 0 Å². The van der Waals surface area contributed by atoms with Gasteiger partial charge in [-0.2, -0.15) is 0 Å². The number of nitrogens with zero attached hydrogens (tertiary/aromatic N) is 8. The van der Waals surface area contributed by atoms with Gasteiger partial charge in [-0.3, -0.25) is 77.6 Å². The van der Waals surface area contributed by atoms with Crippen molar-refractivity contribution in [1.29, 1.82) is 0 Å². The second-order valence-corrected chi connectivity index (χ2v) is 21.4. The highest BCUT2D eigenvalue weighted by Gasteiger charge is 2.52. The van der Waals surface area contributed by atoms with Gasteiger partial charge in [0, 0.05) is 25.7 Å². The number of likely N-dealkylation sites (N-methyl/N-ethyl adjacent to an activating group) is 8. The lowest BCUT2D eigenvalue weighted by atomic mass is 9.71. The van der Waals surface area contributed by atoms with E-state index < -0.39 is 16.6 Å². The highest BCUT2D eigenvalue weighted by atomic mass is 16.2. The second kappa shape index (κ2) is 23.6. The average Bonchev–Trinajstić information content (AvgIpc) is 3.75. The molecule has 0 bridgehead atoms. The summed E-state index contributed by atoms with van der Waals surface area (Å²) in [7, 11) is 23.3. The van der Waals surface area contributed by atoms with Gasteiger partial charge in [-0.1, -0.05) is 0 Å². The summed E-state index contributed by atoms with van der Waals surface area (Å²) in [6.45, 7) is 15.2. The number of rotatable bonds is 12. The number of hydrogen-bond donors (Lipinski definition) is 0. The average molecular weight is 931 g/mol. The fraction of sp³-hybridized carbons (Fsp3) is 0.840. The Morgan fingerprint density at radius 2 is 0.758 bits per heavy atom. The predicted octanol–water partition coefficient (Wildman–Crippen LogP) is 2.62. The molecule has 0 spiro atoms. The first-order chi connectivity index (χ1) is 30.2. The normalized spacial score (nSPS) is 34.1. The van der Waals surface area contributed by atoms with E-state index >= 15 is 0 Å². The molecule has 4 heterocycles. The van der Waals surface area contributed by atoms with Crippen LogP contribution in [-0.4, -0.2) is 242 Å². The zero-order chi connectivity index (χ0) is 51.2. The largest absolute Gasteiger partial charge is 0.298 e. The fourth-order valence-corrected chi connectivity index (χ4v) is 11.8. The van der Waals surface area contributed by atoms with E-state index in [1.807, 2.05) is 114 Å². The third kappa shape index (κ3) is 12.6. The predicted molar refractivity (Wildman–Crippen MR) is 261 cm³/mol. The van der Waals surface area contributed by atoms with Crippen LogP contribution in [0, 0.1) is 5.92 Å². The van der Waals surface area contributed by atoms with Gasteiger partial charge in [-0.05, 0) is 204 Å². The molecular formula is C50H90N8O8. The van der Waals surface area contributed by atoms with Crippen molar-refractivity contribution in [1.82, 2.24) is 39.2 Å². The lowest BCUT2D eigenvalue weighted by Gasteiger charge is -2.47. The first-order valence-electron chi connectivity index (χ1n) is 23.8. The Labute approximate surface area is 398 Å². The Balaban J connectivity index is 0.000000304. The highest BCUT2D eigenvalue weighted by Crippen LogP contribution is 2.45. The lowest BCUT2D eigenvalue weighted by molar-refractivity contribution is -0.136. The number of ketones is 8. The van der Waals surface area contributed by atoms with Crippen LogP contribution in [0.4, 0.5) is 0 Å². The van der Waals surface area contributed by atoms with Gasteiger partial charge in [0.25, 0.3) is 0 Å². The molecule has 0 aromatic heterocycles. The molecular weight excluding hydrogens is 841 g/mol. The Bertz CT molecular complexity index is 1790. The number of carbonyl (C=O) groups is 8. The molecule has 10 atom stereocenters. The molecule has 4 saturated heterocycles. The first kappa shape index (κ1) is 59.2. The minimum absolute atomic E-state index is 0.0209. The van der Waals surface area contributed by atoms with E-state index in [0.717, 1.165) is 51.5 Å². The SMILES string of the molecule is CC(=O)C1CC(C(C)=O)(N(C)C)CCN1C.CC(=O)C1CC(C(C)=O)(N(C)C)CN1C.CC(=O)C1CC2CCC(C(C)=O)(N(C)C)CC2N1C.CC(=O)C1CCC(C(C)=O)(N(C)C)CN1C. The monoisotopic (exact) mass is 931 g/mol. The van der Waals surface area contributed by atoms with Crippen molar-refractivity contribution in [3.8, 4) is 0 Å². The van der Waals surface area contributed by atoms with Gasteiger partial charge in [0.1, 0.15) is 34.7 Å². The molecule has 0 radical (unpaired) electrons. The van der Waals surface area contributed by atoms with Crippen molar-refractivity contribution < 1.29 is 38.4 Å². The number of carbonyl (C=O) groups excluding carboxylic acids is 8. The molecule has 1 saturated carbocycles. The molecule has 1 aliphatic carbocycles. The molecule has 0 aromatic rings. The summed E-state index contributed by atoms with van der Waals surface area (Å²) in [6, 6.07) is 0.164. The number of likely N-dealkylation sites (tertiary alicyclic amines) is 4. The summed E-state index contributed by atoms with van der Waals surface area (Å²) in [4.78, 5) is 110. The molecule has 0 aromatic carbocycles. The van der Waals surface area contributed by atoms with Gasteiger partial charge < -0.3 is 0 Å². The number of Topliss-reactive ketones (excluding diaryl/α,β-unsaturated/α-hetero) is 8. The molecule has 4 aliphatic heterocycles. The van der Waals surface area contributed by atoms with Gasteiger partial charge >= 0.3 is 0 Å². The van der Waals surface area contributed by atoms with Crippen molar-refractivity contribution in [3.05, 3.63) is 0 Å². The van der Waals surface area contributed by atoms with Crippen molar-refractivity contribution >= 4 is 46.3 Å².